The molecule has 0 unspecified atom stereocenters. The Morgan fingerprint density at radius 1 is 1.43 bits per heavy atom. The number of rotatable bonds is 6. The Morgan fingerprint density at radius 3 is 2.90 bits per heavy atom. The molecule has 1 aliphatic rings. The fraction of sp³-hybridized carbons (Fsp3) is 0.533. The van der Waals surface area contributed by atoms with Crippen LogP contribution in [0, 0.1) is 0 Å². The predicted octanol–water partition coefficient (Wildman–Crippen LogP) is 0.730. The molecule has 1 saturated heterocycles. The second-order valence-electron chi connectivity index (χ2n) is 5.02. The van der Waals surface area contributed by atoms with Crippen molar-refractivity contribution in [3.8, 4) is 5.75 Å². The van der Waals surface area contributed by atoms with Crippen LogP contribution >= 0.6 is 0 Å². The van der Waals surface area contributed by atoms with Crippen molar-refractivity contribution in [1.82, 2.24) is 10.2 Å². The maximum atomic E-state index is 12.0. The standard InChI is InChI=1S/C15H23N3O3/c1-20-14-11-12(3-4-13(14)16)15(19)17-5-2-6-18-7-9-21-10-8-18/h3-4,11H,2,5-10,16H2,1H3,(H,17,19). The zero-order valence-corrected chi connectivity index (χ0v) is 12.4. The van der Waals surface area contributed by atoms with Crippen LogP contribution in [0.5, 0.6) is 5.75 Å². The minimum atomic E-state index is -0.102. The number of methoxy groups -OCH3 is 1. The Balaban J connectivity index is 1.74. The number of amides is 1. The molecule has 0 aliphatic carbocycles. The largest absolute Gasteiger partial charge is 0.495 e. The second-order valence-corrected chi connectivity index (χ2v) is 5.02. The number of hydrogen-bond donors (Lipinski definition) is 2. The molecule has 1 amide bonds. The lowest BCUT2D eigenvalue weighted by atomic mass is 10.1. The first-order valence-electron chi connectivity index (χ1n) is 7.22. The first-order chi connectivity index (χ1) is 10.2. The number of ether oxygens (including phenoxy) is 2. The number of benzene rings is 1. The minimum absolute atomic E-state index is 0.102. The van der Waals surface area contributed by atoms with E-state index in [1.807, 2.05) is 0 Å². The lowest BCUT2D eigenvalue weighted by molar-refractivity contribution is 0.0374. The number of nitrogen functional groups attached to an aromatic ring is 1. The maximum absolute atomic E-state index is 12.0. The molecular formula is C15H23N3O3. The third-order valence-corrected chi connectivity index (χ3v) is 3.54. The molecule has 0 saturated carbocycles. The fourth-order valence-corrected chi connectivity index (χ4v) is 2.28. The highest BCUT2D eigenvalue weighted by Crippen LogP contribution is 2.21. The van der Waals surface area contributed by atoms with Gasteiger partial charge in [-0.3, -0.25) is 9.69 Å². The highest BCUT2D eigenvalue weighted by Gasteiger charge is 2.11. The first-order valence-corrected chi connectivity index (χ1v) is 7.22. The zero-order valence-electron chi connectivity index (χ0n) is 12.4. The van der Waals surface area contributed by atoms with Crippen molar-refractivity contribution in [2.24, 2.45) is 0 Å². The van der Waals surface area contributed by atoms with Gasteiger partial charge in [0.2, 0.25) is 0 Å². The molecular weight excluding hydrogens is 270 g/mol. The average molecular weight is 293 g/mol. The number of anilines is 1. The van der Waals surface area contributed by atoms with Crippen LogP contribution in [0.4, 0.5) is 5.69 Å². The molecule has 6 nitrogen and oxygen atoms in total. The van der Waals surface area contributed by atoms with Gasteiger partial charge >= 0.3 is 0 Å². The summed E-state index contributed by atoms with van der Waals surface area (Å²) in [6.07, 6.45) is 0.928. The number of nitrogens with one attached hydrogen (secondary N) is 1. The lowest BCUT2D eigenvalue weighted by Gasteiger charge is -2.26. The van der Waals surface area contributed by atoms with E-state index < -0.39 is 0 Å². The van der Waals surface area contributed by atoms with E-state index in [1.165, 1.54) is 7.11 Å². The SMILES string of the molecule is COc1cc(C(=O)NCCCN2CCOCC2)ccc1N. The number of carbonyl (C=O) groups excluding carboxylic acids is 1. The number of carbonyl (C=O) groups is 1. The topological polar surface area (TPSA) is 76.8 Å². The Labute approximate surface area is 125 Å². The molecule has 6 heteroatoms. The normalized spacial score (nSPS) is 15.7. The van der Waals surface area contributed by atoms with Gasteiger partial charge in [0.25, 0.3) is 5.91 Å². The summed E-state index contributed by atoms with van der Waals surface area (Å²) in [7, 11) is 1.54. The van der Waals surface area contributed by atoms with Gasteiger partial charge in [0.1, 0.15) is 5.75 Å². The van der Waals surface area contributed by atoms with Gasteiger partial charge in [0.05, 0.1) is 26.0 Å². The summed E-state index contributed by atoms with van der Waals surface area (Å²) in [4.78, 5) is 14.4. The van der Waals surface area contributed by atoms with E-state index in [2.05, 4.69) is 10.2 Å². The van der Waals surface area contributed by atoms with Gasteiger partial charge in [-0.25, -0.2) is 0 Å². The number of hydrogen-bond acceptors (Lipinski definition) is 5. The highest BCUT2D eigenvalue weighted by atomic mass is 16.5. The summed E-state index contributed by atoms with van der Waals surface area (Å²) >= 11 is 0. The molecule has 21 heavy (non-hydrogen) atoms. The van der Waals surface area contributed by atoms with Gasteiger partial charge in [0.15, 0.2) is 0 Å². The van der Waals surface area contributed by atoms with Crippen LogP contribution in [0.25, 0.3) is 0 Å². The van der Waals surface area contributed by atoms with Crippen LogP contribution in [0.3, 0.4) is 0 Å². The maximum Gasteiger partial charge on any atom is 0.251 e. The van der Waals surface area contributed by atoms with Crippen molar-refractivity contribution in [3.05, 3.63) is 23.8 Å². The summed E-state index contributed by atoms with van der Waals surface area (Å²) in [6, 6.07) is 5.04. The molecule has 116 valence electrons. The third-order valence-electron chi connectivity index (χ3n) is 3.54. The van der Waals surface area contributed by atoms with E-state index in [9.17, 15) is 4.79 Å². The molecule has 0 radical (unpaired) electrons. The van der Waals surface area contributed by atoms with Crippen LogP contribution in [-0.4, -0.2) is 57.3 Å². The molecule has 1 aliphatic heterocycles. The van der Waals surface area contributed by atoms with E-state index in [-0.39, 0.29) is 5.91 Å². The van der Waals surface area contributed by atoms with E-state index in [0.717, 1.165) is 39.3 Å². The predicted molar refractivity (Wildman–Crippen MR) is 81.6 cm³/mol. The van der Waals surface area contributed by atoms with Gasteiger partial charge in [0, 0.05) is 25.2 Å². The van der Waals surface area contributed by atoms with Crippen LogP contribution < -0.4 is 15.8 Å². The molecule has 0 bridgehead atoms. The van der Waals surface area contributed by atoms with Crippen LogP contribution in [0.2, 0.25) is 0 Å². The second kappa shape index (κ2) is 7.85. The summed E-state index contributed by atoms with van der Waals surface area (Å²) in [5.41, 5.74) is 6.82. The average Bonchev–Trinajstić information content (AvgIpc) is 2.53. The molecule has 1 fully saturated rings. The molecule has 0 aromatic heterocycles. The summed E-state index contributed by atoms with van der Waals surface area (Å²) in [5, 5.41) is 2.92. The molecule has 2 rings (SSSR count). The number of nitrogens with zero attached hydrogens (tertiary/aromatic N) is 1. The quantitative estimate of drug-likeness (QED) is 0.597. The fourth-order valence-electron chi connectivity index (χ4n) is 2.28. The highest BCUT2D eigenvalue weighted by molar-refractivity contribution is 5.95. The Kier molecular flexibility index (Phi) is 5.83. The molecule has 3 N–H and O–H groups in total. The van der Waals surface area contributed by atoms with Gasteiger partial charge < -0.3 is 20.5 Å². The Hall–Kier alpha value is -1.79. The van der Waals surface area contributed by atoms with E-state index in [1.54, 1.807) is 18.2 Å². The Morgan fingerprint density at radius 2 is 2.19 bits per heavy atom. The van der Waals surface area contributed by atoms with Crippen molar-refractivity contribution in [2.75, 3.05) is 52.2 Å². The molecule has 0 atom stereocenters. The third kappa shape index (κ3) is 4.61. The van der Waals surface area contributed by atoms with Crippen molar-refractivity contribution in [1.29, 1.82) is 0 Å². The molecule has 0 spiro atoms. The zero-order chi connectivity index (χ0) is 15.1. The molecule has 1 heterocycles. The van der Waals surface area contributed by atoms with Crippen LogP contribution in [0.1, 0.15) is 16.8 Å². The van der Waals surface area contributed by atoms with E-state index >= 15 is 0 Å². The summed E-state index contributed by atoms with van der Waals surface area (Å²) in [5.74, 6) is 0.422. The lowest BCUT2D eigenvalue weighted by Crippen LogP contribution is -2.38. The summed E-state index contributed by atoms with van der Waals surface area (Å²) in [6.45, 7) is 5.19. The monoisotopic (exact) mass is 293 g/mol. The van der Waals surface area contributed by atoms with Gasteiger partial charge in [-0.1, -0.05) is 0 Å². The van der Waals surface area contributed by atoms with Crippen molar-refractivity contribution in [2.45, 2.75) is 6.42 Å². The van der Waals surface area contributed by atoms with E-state index in [4.69, 9.17) is 15.2 Å². The van der Waals surface area contributed by atoms with Crippen LogP contribution in [-0.2, 0) is 4.74 Å². The van der Waals surface area contributed by atoms with Gasteiger partial charge in [-0.2, -0.15) is 0 Å². The smallest absolute Gasteiger partial charge is 0.251 e. The van der Waals surface area contributed by atoms with Crippen molar-refractivity contribution in [3.63, 3.8) is 0 Å². The molecule has 1 aromatic rings. The van der Waals surface area contributed by atoms with Gasteiger partial charge in [-0.05, 0) is 31.2 Å². The summed E-state index contributed by atoms with van der Waals surface area (Å²) < 4.78 is 10.4. The number of nitrogens with two attached hydrogens (primary N) is 1. The molecule has 1 aromatic carbocycles. The first kappa shape index (κ1) is 15.6. The number of morpholine rings is 1. The van der Waals surface area contributed by atoms with Gasteiger partial charge in [-0.15, -0.1) is 0 Å². The van der Waals surface area contributed by atoms with Crippen molar-refractivity contribution >= 4 is 11.6 Å². The van der Waals surface area contributed by atoms with Crippen LogP contribution in [0.15, 0.2) is 18.2 Å². The van der Waals surface area contributed by atoms with Crippen molar-refractivity contribution < 1.29 is 14.3 Å². The van der Waals surface area contributed by atoms with E-state index in [0.29, 0.717) is 23.5 Å². The minimum Gasteiger partial charge on any atom is -0.495 e. The Bertz CT molecular complexity index is 473.